The van der Waals surface area contributed by atoms with Crippen molar-refractivity contribution in [3.8, 4) is 5.75 Å². The highest BCUT2D eigenvalue weighted by Gasteiger charge is 2.27. The van der Waals surface area contributed by atoms with E-state index in [4.69, 9.17) is 4.74 Å². The molecule has 0 bridgehead atoms. The Kier molecular flexibility index (Phi) is 8.02. The second-order valence-electron chi connectivity index (χ2n) is 6.60. The van der Waals surface area contributed by atoms with Gasteiger partial charge in [-0.3, -0.25) is 9.10 Å². The van der Waals surface area contributed by atoms with E-state index in [2.05, 4.69) is 26.5 Å². The van der Waals surface area contributed by atoms with Gasteiger partial charge in [-0.2, -0.15) is 5.10 Å². The molecule has 0 unspecified atom stereocenters. The minimum Gasteiger partial charge on any atom is -0.494 e. The van der Waals surface area contributed by atoms with E-state index in [-0.39, 0.29) is 4.90 Å². The molecule has 0 aromatic heterocycles. The SMILES string of the molecule is CCOc1ccc(N(CC(=O)N/N=C\c2cccc(Br)c2)S(=O)(=O)c2ccccc2)cc1. The van der Waals surface area contributed by atoms with E-state index in [0.29, 0.717) is 18.0 Å². The summed E-state index contributed by atoms with van der Waals surface area (Å²) in [7, 11) is -3.98. The number of anilines is 1. The van der Waals surface area contributed by atoms with E-state index in [1.807, 2.05) is 31.2 Å². The molecule has 0 heterocycles. The van der Waals surface area contributed by atoms with Gasteiger partial charge in [0.2, 0.25) is 0 Å². The lowest BCUT2D eigenvalue weighted by Crippen LogP contribution is -2.39. The fourth-order valence-corrected chi connectivity index (χ4v) is 4.70. The van der Waals surface area contributed by atoms with E-state index >= 15 is 0 Å². The first-order valence-corrected chi connectivity index (χ1v) is 12.0. The topological polar surface area (TPSA) is 88.1 Å². The van der Waals surface area contributed by atoms with E-state index < -0.39 is 22.5 Å². The summed E-state index contributed by atoms with van der Waals surface area (Å²) < 4.78 is 33.9. The number of nitrogens with one attached hydrogen (secondary N) is 1. The maximum Gasteiger partial charge on any atom is 0.264 e. The van der Waals surface area contributed by atoms with Gasteiger partial charge in [-0.25, -0.2) is 13.8 Å². The second kappa shape index (κ2) is 10.9. The number of hydrogen-bond donors (Lipinski definition) is 1. The molecule has 7 nitrogen and oxygen atoms in total. The Morgan fingerprint density at radius 3 is 2.44 bits per heavy atom. The molecule has 0 saturated heterocycles. The largest absolute Gasteiger partial charge is 0.494 e. The predicted octanol–water partition coefficient (Wildman–Crippen LogP) is 4.19. The predicted molar refractivity (Wildman–Crippen MR) is 128 cm³/mol. The highest BCUT2D eigenvalue weighted by atomic mass is 79.9. The van der Waals surface area contributed by atoms with E-state index in [1.54, 1.807) is 42.5 Å². The van der Waals surface area contributed by atoms with Crippen molar-refractivity contribution in [3.05, 3.63) is 88.9 Å². The van der Waals surface area contributed by atoms with Crippen molar-refractivity contribution in [1.82, 2.24) is 5.43 Å². The van der Waals surface area contributed by atoms with Crippen molar-refractivity contribution in [3.63, 3.8) is 0 Å². The van der Waals surface area contributed by atoms with Gasteiger partial charge in [0.25, 0.3) is 15.9 Å². The minimum absolute atomic E-state index is 0.0827. The van der Waals surface area contributed by atoms with Gasteiger partial charge in [0.1, 0.15) is 12.3 Å². The number of carbonyl (C=O) groups excluding carboxylic acids is 1. The van der Waals surface area contributed by atoms with Crippen LogP contribution in [-0.4, -0.2) is 33.7 Å². The molecule has 0 atom stereocenters. The van der Waals surface area contributed by atoms with Crippen molar-refractivity contribution in [2.75, 3.05) is 17.5 Å². The zero-order valence-corrected chi connectivity index (χ0v) is 19.7. The molecule has 1 N–H and O–H groups in total. The van der Waals surface area contributed by atoms with Crippen molar-refractivity contribution in [2.45, 2.75) is 11.8 Å². The Hall–Kier alpha value is -3.17. The van der Waals surface area contributed by atoms with Crippen LogP contribution in [0, 0.1) is 0 Å². The van der Waals surface area contributed by atoms with Crippen molar-refractivity contribution >= 4 is 43.8 Å². The lowest BCUT2D eigenvalue weighted by atomic mass is 10.2. The van der Waals surface area contributed by atoms with Gasteiger partial charge in [-0.05, 0) is 61.0 Å². The third kappa shape index (κ3) is 6.18. The van der Waals surface area contributed by atoms with Gasteiger partial charge >= 0.3 is 0 Å². The number of nitrogens with zero attached hydrogens (tertiary/aromatic N) is 2. The van der Waals surface area contributed by atoms with Crippen LogP contribution in [0.4, 0.5) is 5.69 Å². The normalized spacial score (nSPS) is 11.3. The van der Waals surface area contributed by atoms with Crippen LogP contribution in [0.25, 0.3) is 0 Å². The average molecular weight is 516 g/mol. The summed E-state index contributed by atoms with van der Waals surface area (Å²) in [4.78, 5) is 12.6. The van der Waals surface area contributed by atoms with E-state index in [9.17, 15) is 13.2 Å². The molecule has 0 aliphatic heterocycles. The van der Waals surface area contributed by atoms with Crippen LogP contribution in [0.5, 0.6) is 5.75 Å². The summed E-state index contributed by atoms with van der Waals surface area (Å²) in [5.74, 6) is 0.0287. The van der Waals surface area contributed by atoms with Crippen LogP contribution >= 0.6 is 15.9 Å². The summed E-state index contributed by atoms with van der Waals surface area (Å²) in [6.45, 7) is 1.91. The van der Waals surface area contributed by atoms with Gasteiger partial charge in [0, 0.05) is 4.47 Å². The Labute approximate surface area is 195 Å². The average Bonchev–Trinajstić information content (AvgIpc) is 2.79. The molecule has 0 spiro atoms. The lowest BCUT2D eigenvalue weighted by molar-refractivity contribution is -0.119. The Bertz CT molecular complexity index is 1180. The first kappa shape index (κ1) is 23.5. The van der Waals surface area contributed by atoms with Crippen molar-refractivity contribution in [1.29, 1.82) is 0 Å². The zero-order chi connectivity index (χ0) is 23.0. The fourth-order valence-electron chi connectivity index (χ4n) is 2.84. The van der Waals surface area contributed by atoms with E-state index in [1.165, 1.54) is 18.3 Å². The van der Waals surface area contributed by atoms with Gasteiger partial charge in [-0.15, -0.1) is 0 Å². The third-order valence-electron chi connectivity index (χ3n) is 4.31. The maximum absolute atomic E-state index is 13.3. The Morgan fingerprint density at radius 2 is 1.78 bits per heavy atom. The summed E-state index contributed by atoms with van der Waals surface area (Å²) in [6, 6.07) is 21.9. The quantitative estimate of drug-likeness (QED) is 0.341. The van der Waals surface area contributed by atoms with Gasteiger partial charge < -0.3 is 4.74 Å². The molecule has 3 aromatic carbocycles. The van der Waals surface area contributed by atoms with Crippen LogP contribution in [0.15, 0.2) is 93.3 Å². The second-order valence-corrected chi connectivity index (χ2v) is 9.38. The van der Waals surface area contributed by atoms with Crippen LogP contribution in [0.1, 0.15) is 12.5 Å². The maximum atomic E-state index is 13.3. The molecule has 0 fully saturated rings. The molecule has 9 heteroatoms. The van der Waals surface area contributed by atoms with Gasteiger partial charge in [0.05, 0.1) is 23.4 Å². The first-order chi connectivity index (χ1) is 15.4. The summed E-state index contributed by atoms with van der Waals surface area (Å²) in [5.41, 5.74) is 3.50. The standard InChI is InChI=1S/C23H22BrN3O4S/c1-2-31-21-13-11-20(12-14-21)27(32(29,30)22-9-4-3-5-10-22)17-23(28)26-25-16-18-7-6-8-19(24)15-18/h3-16H,2,17H2,1H3,(H,26,28)/b25-16-. The molecule has 0 aliphatic carbocycles. The highest BCUT2D eigenvalue weighted by molar-refractivity contribution is 9.10. The van der Waals surface area contributed by atoms with Crippen molar-refractivity contribution in [2.24, 2.45) is 5.10 Å². The number of carbonyl (C=O) groups is 1. The number of halogens is 1. The summed E-state index contributed by atoms with van der Waals surface area (Å²) >= 11 is 3.37. The van der Waals surface area contributed by atoms with Gasteiger partial charge in [-0.1, -0.05) is 46.3 Å². The summed E-state index contributed by atoms with van der Waals surface area (Å²) in [6.07, 6.45) is 1.48. The Balaban J connectivity index is 1.83. The molecule has 166 valence electrons. The number of rotatable bonds is 9. The molecule has 3 rings (SSSR count). The highest BCUT2D eigenvalue weighted by Crippen LogP contribution is 2.25. The molecular formula is C23H22BrN3O4S. The van der Waals surface area contributed by atoms with Crippen LogP contribution in [-0.2, 0) is 14.8 Å². The van der Waals surface area contributed by atoms with Crippen LogP contribution in [0.2, 0.25) is 0 Å². The molecule has 0 saturated carbocycles. The fraction of sp³-hybridized carbons (Fsp3) is 0.130. The zero-order valence-electron chi connectivity index (χ0n) is 17.3. The number of benzene rings is 3. The molecule has 32 heavy (non-hydrogen) atoms. The Morgan fingerprint density at radius 1 is 1.06 bits per heavy atom. The third-order valence-corrected chi connectivity index (χ3v) is 6.59. The number of sulfonamides is 1. The van der Waals surface area contributed by atoms with Crippen molar-refractivity contribution < 1.29 is 17.9 Å². The number of hydrogen-bond acceptors (Lipinski definition) is 5. The smallest absolute Gasteiger partial charge is 0.264 e. The molecule has 3 aromatic rings. The molecule has 1 amide bonds. The molecule has 0 radical (unpaired) electrons. The van der Waals surface area contributed by atoms with Crippen LogP contribution in [0.3, 0.4) is 0 Å². The number of ether oxygens (including phenoxy) is 1. The van der Waals surface area contributed by atoms with E-state index in [0.717, 1.165) is 14.3 Å². The number of hydrazone groups is 1. The first-order valence-electron chi connectivity index (χ1n) is 9.78. The lowest BCUT2D eigenvalue weighted by Gasteiger charge is -2.24. The minimum atomic E-state index is -3.98. The monoisotopic (exact) mass is 515 g/mol. The summed E-state index contributed by atoms with van der Waals surface area (Å²) in [5, 5.41) is 3.94. The molecular weight excluding hydrogens is 494 g/mol. The molecule has 0 aliphatic rings. The van der Waals surface area contributed by atoms with Gasteiger partial charge in [0.15, 0.2) is 0 Å². The van der Waals surface area contributed by atoms with Crippen LogP contribution < -0.4 is 14.5 Å². The number of amides is 1.